The molecule has 1 N–H and O–H groups in total. The Bertz CT molecular complexity index is 1230. The van der Waals surface area contributed by atoms with Crippen LogP contribution >= 0.6 is 11.8 Å². The molecule has 1 atom stereocenters. The van der Waals surface area contributed by atoms with Crippen molar-refractivity contribution in [3.8, 4) is 0 Å². The van der Waals surface area contributed by atoms with Gasteiger partial charge in [-0.05, 0) is 42.0 Å². The normalized spacial score (nSPS) is 19.4. The van der Waals surface area contributed by atoms with E-state index in [-0.39, 0.29) is 23.1 Å². The monoisotopic (exact) mass is 448 g/mol. The molecule has 2 aliphatic rings. The van der Waals surface area contributed by atoms with Gasteiger partial charge in [-0.2, -0.15) is 4.98 Å². The van der Waals surface area contributed by atoms with Gasteiger partial charge in [0.15, 0.2) is 5.78 Å². The highest BCUT2D eigenvalue weighted by Gasteiger charge is 2.41. The molecule has 0 fully saturated rings. The summed E-state index contributed by atoms with van der Waals surface area (Å²) >= 11 is 1.46. The van der Waals surface area contributed by atoms with E-state index >= 15 is 0 Å². The van der Waals surface area contributed by atoms with Crippen molar-refractivity contribution in [2.75, 3.05) is 5.32 Å². The summed E-state index contributed by atoms with van der Waals surface area (Å²) in [6.07, 6.45) is 1.30. The SMILES string of the molecule is Cc1ccc(C2C3=C(CC(C)(C)CC3=O)Nc3nc(SCc4cccc(F)c4)nn32)cc1. The Morgan fingerprint density at radius 1 is 1.19 bits per heavy atom. The number of rotatable bonds is 4. The number of ketones is 1. The molecule has 0 amide bonds. The number of carbonyl (C=O) groups is 1. The number of benzene rings is 2. The minimum absolute atomic E-state index is 0.0993. The number of aryl methyl sites for hydroxylation is 1. The van der Waals surface area contributed by atoms with Crippen molar-refractivity contribution in [2.24, 2.45) is 5.41 Å². The van der Waals surface area contributed by atoms with Crippen LogP contribution in [0.1, 0.15) is 49.4 Å². The number of thioether (sulfide) groups is 1. The molecular formula is C25H25FN4OS. The van der Waals surface area contributed by atoms with E-state index in [4.69, 9.17) is 10.1 Å². The number of allylic oxidation sites excluding steroid dienone is 2. The number of carbonyl (C=O) groups excluding carboxylic acids is 1. The first-order valence-electron chi connectivity index (χ1n) is 10.7. The fraction of sp³-hybridized carbons (Fsp3) is 0.320. The number of Topliss-reactive ketones (excluding diaryl/α,β-unsaturated/α-hetero) is 1. The maximum Gasteiger partial charge on any atom is 0.227 e. The molecule has 0 saturated heterocycles. The molecule has 1 unspecified atom stereocenters. The van der Waals surface area contributed by atoms with Crippen LogP contribution in [0.15, 0.2) is 65.0 Å². The van der Waals surface area contributed by atoms with Crippen LogP contribution in [0.25, 0.3) is 0 Å². The summed E-state index contributed by atoms with van der Waals surface area (Å²) in [5.41, 5.74) is 4.69. The minimum atomic E-state index is -0.304. The van der Waals surface area contributed by atoms with Gasteiger partial charge in [0.1, 0.15) is 11.9 Å². The van der Waals surface area contributed by atoms with Crippen LogP contribution < -0.4 is 5.32 Å². The van der Waals surface area contributed by atoms with Crippen molar-refractivity contribution in [2.45, 2.75) is 50.6 Å². The van der Waals surface area contributed by atoms with Crippen LogP contribution in [0.2, 0.25) is 0 Å². The van der Waals surface area contributed by atoms with E-state index in [2.05, 4.69) is 43.4 Å². The number of nitrogens with one attached hydrogen (secondary N) is 1. The van der Waals surface area contributed by atoms with Crippen molar-refractivity contribution in [1.82, 2.24) is 14.8 Å². The number of anilines is 1. The summed E-state index contributed by atoms with van der Waals surface area (Å²) in [6.45, 7) is 6.29. The Morgan fingerprint density at radius 2 is 1.97 bits per heavy atom. The van der Waals surface area contributed by atoms with Crippen molar-refractivity contribution in [3.63, 3.8) is 0 Å². The Hall–Kier alpha value is -2.93. The van der Waals surface area contributed by atoms with Crippen LogP contribution in [0.4, 0.5) is 10.3 Å². The van der Waals surface area contributed by atoms with E-state index in [0.717, 1.165) is 34.4 Å². The van der Waals surface area contributed by atoms with E-state index in [9.17, 15) is 9.18 Å². The van der Waals surface area contributed by atoms with Gasteiger partial charge in [0.2, 0.25) is 11.1 Å². The average molecular weight is 449 g/mol. The topological polar surface area (TPSA) is 59.8 Å². The van der Waals surface area contributed by atoms with Crippen LogP contribution in [-0.4, -0.2) is 20.5 Å². The first-order chi connectivity index (χ1) is 15.3. The first-order valence-corrected chi connectivity index (χ1v) is 11.7. The lowest BCUT2D eigenvalue weighted by molar-refractivity contribution is -0.118. The molecule has 1 aromatic heterocycles. The van der Waals surface area contributed by atoms with Crippen molar-refractivity contribution < 1.29 is 9.18 Å². The third-order valence-corrected chi connectivity index (χ3v) is 6.87. The zero-order valence-electron chi connectivity index (χ0n) is 18.4. The lowest BCUT2D eigenvalue weighted by Crippen LogP contribution is -2.36. The van der Waals surface area contributed by atoms with E-state index in [1.807, 2.05) is 17.7 Å². The number of fused-ring (bicyclic) bond motifs is 1. The summed E-state index contributed by atoms with van der Waals surface area (Å²) in [6, 6.07) is 14.5. The van der Waals surface area contributed by atoms with Crippen molar-refractivity contribution in [1.29, 1.82) is 0 Å². The zero-order valence-corrected chi connectivity index (χ0v) is 19.2. The summed E-state index contributed by atoms with van der Waals surface area (Å²) in [4.78, 5) is 18.0. The largest absolute Gasteiger partial charge is 0.328 e. The minimum Gasteiger partial charge on any atom is -0.328 e. The molecule has 1 aliphatic heterocycles. The van der Waals surface area contributed by atoms with Crippen molar-refractivity contribution >= 4 is 23.5 Å². The predicted molar refractivity (Wildman–Crippen MR) is 124 cm³/mol. The van der Waals surface area contributed by atoms with Crippen LogP contribution in [-0.2, 0) is 10.5 Å². The number of hydrogen-bond donors (Lipinski definition) is 1. The van der Waals surface area contributed by atoms with Gasteiger partial charge in [0.25, 0.3) is 0 Å². The highest BCUT2D eigenvalue weighted by atomic mass is 32.2. The van der Waals surface area contributed by atoms with Gasteiger partial charge in [-0.1, -0.05) is 67.6 Å². The van der Waals surface area contributed by atoms with E-state index in [0.29, 0.717) is 23.3 Å². The molecule has 5 rings (SSSR count). The second-order valence-electron chi connectivity index (χ2n) is 9.35. The third-order valence-electron chi connectivity index (χ3n) is 5.96. The Balaban J connectivity index is 1.52. The summed E-state index contributed by atoms with van der Waals surface area (Å²) in [5, 5.41) is 8.75. The van der Waals surface area contributed by atoms with E-state index in [1.54, 1.807) is 6.07 Å². The van der Waals surface area contributed by atoms with Gasteiger partial charge < -0.3 is 5.32 Å². The quantitative estimate of drug-likeness (QED) is 0.521. The third kappa shape index (κ3) is 3.97. The molecule has 2 aromatic carbocycles. The fourth-order valence-corrected chi connectivity index (χ4v) is 5.25. The zero-order chi connectivity index (χ0) is 22.5. The molecule has 0 radical (unpaired) electrons. The van der Waals surface area contributed by atoms with Gasteiger partial charge in [-0.3, -0.25) is 4.79 Å². The molecule has 32 heavy (non-hydrogen) atoms. The Morgan fingerprint density at radius 3 is 2.72 bits per heavy atom. The lowest BCUT2D eigenvalue weighted by Gasteiger charge is -2.38. The highest BCUT2D eigenvalue weighted by molar-refractivity contribution is 7.98. The van der Waals surface area contributed by atoms with Gasteiger partial charge in [-0.25, -0.2) is 9.07 Å². The van der Waals surface area contributed by atoms with Crippen LogP contribution in [0.3, 0.4) is 0 Å². The molecule has 0 bridgehead atoms. The number of hydrogen-bond acceptors (Lipinski definition) is 5. The molecule has 1 aliphatic carbocycles. The highest BCUT2D eigenvalue weighted by Crippen LogP contribution is 2.45. The average Bonchev–Trinajstić information content (AvgIpc) is 3.13. The summed E-state index contributed by atoms with van der Waals surface area (Å²) in [7, 11) is 0. The van der Waals surface area contributed by atoms with Gasteiger partial charge >= 0.3 is 0 Å². The summed E-state index contributed by atoms with van der Waals surface area (Å²) < 4.78 is 15.4. The number of aromatic nitrogens is 3. The molecule has 3 aromatic rings. The lowest BCUT2D eigenvalue weighted by atomic mass is 9.73. The predicted octanol–water partition coefficient (Wildman–Crippen LogP) is 5.68. The van der Waals surface area contributed by atoms with E-state index < -0.39 is 0 Å². The second-order valence-corrected chi connectivity index (χ2v) is 10.3. The first kappa shape index (κ1) is 20.9. The van der Waals surface area contributed by atoms with Crippen molar-refractivity contribution in [3.05, 3.63) is 82.3 Å². The molecule has 164 valence electrons. The number of halogens is 1. The van der Waals surface area contributed by atoms with Crippen LogP contribution in [0, 0.1) is 18.2 Å². The molecule has 5 nitrogen and oxygen atoms in total. The summed E-state index contributed by atoms with van der Waals surface area (Å²) in [5.74, 6) is 1.11. The molecule has 0 saturated carbocycles. The smallest absolute Gasteiger partial charge is 0.227 e. The number of nitrogens with zero attached hydrogens (tertiary/aromatic N) is 3. The maximum absolute atomic E-state index is 13.5. The van der Waals surface area contributed by atoms with Crippen LogP contribution in [0.5, 0.6) is 0 Å². The molecule has 2 heterocycles. The van der Waals surface area contributed by atoms with Gasteiger partial charge in [0, 0.05) is 23.4 Å². The Labute approximate surface area is 191 Å². The molecular weight excluding hydrogens is 423 g/mol. The van der Waals surface area contributed by atoms with Gasteiger partial charge in [-0.15, -0.1) is 5.10 Å². The molecule has 0 spiro atoms. The fourth-order valence-electron chi connectivity index (χ4n) is 4.48. The standard InChI is InChI=1S/C25H25FN4OS/c1-15-7-9-17(10-8-15)22-21-19(12-25(2,3)13-20(21)31)27-23-28-24(29-30(22)23)32-14-16-5-4-6-18(26)11-16/h4-11,22H,12-14H2,1-3H3,(H,27,28,29). The second kappa shape index (κ2) is 7.89. The molecule has 7 heteroatoms. The maximum atomic E-state index is 13.5. The Kier molecular flexibility index (Phi) is 5.16. The van der Waals surface area contributed by atoms with Gasteiger partial charge in [0.05, 0.1) is 0 Å². The van der Waals surface area contributed by atoms with E-state index in [1.165, 1.54) is 23.9 Å².